The highest BCUT2D eigenvalue weighted by Gasteiger charge is 2.53. The number of hydrogen-bond acceptors (Lipinski definition) is 5. The molecule has 1 N–H and O–H groups in total. The van der Waals surface area contributed by atoms with Crippen molar-refractivity contribution in [2.45, 2.75) is 38.9 Å². The Labute approximate surface area is 185 Å². The second-order valence-electron chi connectivity index (χ2n) is 8.24. The summed E-state index contributed by atoms with van der Waals surface area (Å²) in [6.45, 7) is 6.10. The molecule has 0 aromatic heterocycles. The molecule has 0 aliphatic carbocycles. The van der Waals surface area contributed by atoms with Crippen LogP contribution < -0.4 is 5.32 Å². The van der Waals surface area contributed by atoms with E-state index in [0.717, 1.165) is 10.5 Å². The number of amides is 4. The number of halogens is 1. The maximum absolute atomic E-state index is 12.9. The van der Waals surface area contributed by atoms with E-state index >= 15 is 0 Å². The zero-order valence-electron chi connectivity index (χ0n) is 17.6. The van der Waals surface area contributed by atoms with Crippen molar-refractivity contribution >= 4 is 52.2 Å². The zero-order valence-corrected chi connectivity index (χ0v) is 19.2. The summed E-state index contributed by atoms with van der Waals surface area (Å²) in [7, 11) is 3.05. The molecule has 0 bridgehead atoms. The lowest BCUT2D eigenvalue weighted by Gasteiger charge is -2.30. The molecule has 0 radical (unpaired) electrons. The summed E-state index contributed by atoms with van der Waals surface area (Å²) >= 11 is 7.36. The number of urea groups is 1. The fourth-order valence-corrected chi connectivity index (χ4v) is 4.31. The molecule has 0 saturated carbocycles. The number of benzene rings is 1. The number of thioether (sulfide) groups is 1. The first-order chi connectivity index (χ1) is 14.0. The van der Waals surface area contributed by atoms with Gasteiger partial charge in [0.25, 0.3) is 17.8 Å². The van der Waals surface area contributed by atoms with Crippen LogP contribution in [0, 0.1) is 0 Å². The average Bonchev–Trinajstić information content (AvgIpc) is 3.00. The number of carbonyl (C=O) groups is 3. The predicted octanol–water partition coefficient (Wildman–Crippen LogP) is 2.16. The van der Waals surface area contributed by atoms with Crippen molar-refractivity contribution in [3.8, 4) is 0 Å². The van der Waals surface area contributed by atoms with E-state index < -0.39 is 12.1 Å². The van der Waals surface area contributed by atoms with Crippen molar-refractivity contribution in [1.82, 2.24) is 15.1 Å². The molecular weight excluding hydrogens is 426 g/mol. The lowest BCUT2D eigenvalue weighted by atomic mass is 10.1. The summed E-state index contributed by atoms with van der Waals surface area (Å²) in [5.41, 5.74) is 0.551. The first kappa shape index (κ1) is 22.3. The monoisotopic (exact) mass is 450 g/mol. The van der Waals surface area contributed by atoms with E-state index in [2.05, 4.69) is 10.3 Å². The van der Waals surface area contributed by atoms with E-state index in [1.54, 1.807) is 13.1 Å². The van der Waals surface area contributed by atoms with Crippen molar-refractivity contribution in [2.75, 3.05) is 19.8 Å². The Morgan fingerprint density at radius 2 is 1.97 bits per heavy atom. The number of rotatable bonds is 4. The molecule has 2 aliphatic rings. The minimum Gasteiger partial charge on any atom is -0.351 e. The van der Waals surface area contributed by atoms with Gasteiger partial charge in [0.05, 0.1) is 5.75 Å². The average molecular weight is 451 g/mol. The molecule has 8 nitrogen and oxygen atoms in total. The van der Waals surface area contributed by atoms with Crippen LogP contribution in [-0.4, -0.2) is 74.7 Å². The number of aliphatic imine (C=N–C) groups is 1. The maximum Gasteiger partial charge on any atom is 0.358 e. The van der Waals surface area contributed by atoms with E-state index in [4.69, 9.17) is 11.6 Å². The second kappa shape index (κ2) is 8.39. The standard InChI is InChI=1S/C20H24ClN5O3S/c1-20(2,3)23-14(27)11-30-18-22-16-15(17(28)25(5)19(29)24(16)4)26(18)10-12-7-6-8-13(21)9-12/h6-9,15H,10-11H2,1-5H3/p+1. The molecule has 3 rings (SSSR count). The summed E-state index contributed by atoms with van der Waals surface area (Å²) in [5, 5.41) is 4.02. The number of nitrogens with zero attached hydrogens (tertiary/aromatic N) is 4. The van der Waals surface area contributed by atoms with E-state index in [0.29, 0.717) is 22.6 Å². The van der Waals surface area contributed by atoms with Crippen LogP contribution in [0.5, 0.6) is 0 Å². The summed E-state index contributed by atoms with van der Waals surface area (Å²) in [4.78, 5) is 44.6. The highest BCUT2D eigenvalue weighted by molar-refractivity contribution is 8.14. The van der Waals surface area contributed by atoms with Crippen LogP contribution in [0.25, 0.3) is 0 Å². The number of carbonyl (C=O) groups excluding carboxylic acids is 3. The van der Waals surface area contributed by atoms with Crippen LogP contribution in [0.15, 0.2) is 29.3 Å². The number of hydrogen-bond donors (Lipinski definition) is 1. The molecule has 1 saturated heterocycles. The Bertz CT molecular complexity index is 969. The molecule has 0 spiro atoms. The van der Waals surface area contributed by atoms with Crippen molar-refractivity contribution in [3.05, 3.63) is 34.9 Å². The van der Waals surface area contributed by atoms with Gasteiger partial charge in [-0.1, -0.05) is 23.7 Å². The van der Waals surface area contributed by atoms with Crippen molar-refractivity contribution in [2.24, 2.45) is 4.99 Å². The third-order valence-electron chi connectivity index (χ3n) is 4.58. The van der Waals surface area contributed by atoms with Gasteiger partial charge < -0.3 is 5.32 Å². The maximum atomic E-state index is 12.9. The van der Waals surface area contributed by atoms with E-state index in [1.807, 2.05) is 43.5 Å². The first-order valence-electron chi connectivity index (χ1n) is 9.43. The minimum atomic E-state index is -0.732. The van der Waals surface area contributed by atoms with Crippen LogP contribution in [0.1, 0.15) is 26.3 Å². The predicted molar refractivity (Wildman–Crippen MR) is 118 cm³/mol. The number of nitrogens with one attached hydrogen (secondary N) is 1. The smallest absolute Gasteiger partial charge is 0.351 e. The highest BCUT2D eigenvalue weighted by atomic mass is 35.5. The van der Waals surface area contributed by atoms with Crippen LogP contribution in [0.2, 0.25) is 5.02 Å². The molecule has 1 unspecified atom stereocenters. The summed E-state index contributed by atoms with van der Waals surface area (Å²) in [6, 6.07) is 6.17. The van der Waals surface area contributed by atoms with E-state index in [1.165, 1.54) is 23.7 Å². The summed E-state index contributed by atoms with van der Waals surface area (Å²) < 4.78 is 1.82. The molecule has 1 aromatic rings. The molecule has 30 heavy (non-hydrogen) atoms. The van der Waals surface area contributed by atoms with Gasteiger partial charge in [0.15, 0.2) is 0 Å². The van der Waals surface area contributed by atoms with Gasteiger partial charge in [0.2, 0.25) is 5.91 Å². The van der Waals surface area contributed by atoms with E-state index in [-0.39, 0.29) is 23.1 Å². The SMILES string of the molecule is CN1C(=O)C2C(=NC(SCC(=O)NC(C)(C)C)=[N+]2Cc2cccc(Cl)c2)N(C)C1=O. The third kappa shape index (κ3) is 4.67. The van der Waals surface area contributed by atoms with Gasteiger partial charge in [-0.15, -0.1) is 0 Å². The molecule has 160 valence electrons. The largest absolute Gasteiger partial charge is 0.358 e. The fraction of sp³-hybridized carbons (Fsp3) is 0.450. The topological polar surface area (TPSA) is 85.1 Å². The van der Waals surface area contributed by atoms with Gasteiger partial charge in [0, 0.05) is 24.7 Å². The van der Waals surface area contributed by atoms with Crippen LogP contribution >= 0.6 is 23.4 Å². The lowest BCUT2D eigenvalue weighted by molar-refractivity contribution is -0.548. The Morgan fingerprint density at radius 1 is 1.27 bits per heavy atom. The summed E-state index contributed by atoms with van der Waals surface area (Å²) in [5.74, 6) is 0.0206. The highest BCUT2D eigenvalue weighted by Crippen LogP contribution is 2.25. The van der Waals surface area contributed by atoms with Gasteiger partial charge in [-0.3, -0.25) is 19.4 Å². The zero-order chi connectivity index (χ0) is 22.2. The molecular formula is C20H25ClN5O3S+. The van der Waals surface area contributed by atoms with Gasteiger partial charge in [-0.2, -0.15) is 0 Å². The summed E-state index contributed by atoms with van der Waals surface area (Å²) in [6.07, 6.45) is 0. The van der Waals surface area contributed by atoms with Crippen LogP contribution in [-0.2, 0) is 16.1 Å². The Hall–Kier alpha value is -2.39. The van der Waals surface area contributed by atoms with Crippen molar-refractivity contribution < 1.29 is 19.0 Å². The number of fused-ring (bicyclic) bond motifs is 1. The van der Waals surface area contributed by atoms with E-state index in [9.17, 15) is 14.4 Å². The van der Waals surface area contributed by atoms with Crippen molar-refractivity contribution in [1.29, 1.82) is 0 Å². The molecule has 4 amide bonds. The molecule has 2 heterocycles. The Kier molecular flexibility index (Phi) is 6.24. The number of likely N-dealkylation sites (N-methyl/N-ethyl adjacent to an activating group) is 2. The molecule has 2 aliphatic heterocycles. The van der Waals surface area contributed by atoms with Gasteiger partial charge in [-0.25, -0.2) is 9.37 Å². The fourth-order valence-electron chi connectivity index (χ4n) is 3.27. The van der Waals surface area contributed by atoms with Crippen LogP contribution in [0.4, 0.5) is 4.79 Å². The molecule has 1 atom stereocenters. The van der Waals surface area contributed by atoms with Gasteiger partial charge in [0.1, 0.15) is 6.54 Å². The molecule has 10 heteroatoms. The number of amidine groups is 2. The van der Waals surface area contributed by atoms with Crippen LogP contribution in [0.3, 0.4) is 0 Å². The molecule has 1 fully saturated rings. The third-order valence-corrected chi connectivity index (χ3v) is 5.81. The van der Waals surface area contributed by atoms with Gasteiger partial charge >= 0.3 is 11.2 Å². The Morgan fingerprint density at radius 3 is 2.60 bits per heavy atom. The van der Waals surface area contributed by atoms with Gasteiger partial charge in [-0.05, 0) is 55.2 Å². The molecule has 1 aromatic carbocycles. The minimum absolute atomic E-state index is 0.134. The Balaban J connectivity index is 1.93. The first-order valence-corrected chi connectivity index (χ1v) is 10.8. The van der Waals surface area contributed by atoms with Crippen molar-refractivity contribution in [3.63, 3.8) is 0 Å². The quantitative estimate of drug-likeness (QED) is 0.712. The lowest BCUT2D eigenvalue weighted by Crippen LogP contribution is -2.61. The normalized spacial score (nSPS) is 19.3. The number of imide groups is 1. The second-order valence-corrected chi connectivity index (χ2v) is 9.62.